The highest BCUT2D eigenvalue weighted by atomic mass is 32.2. The lowest BCUT2D eigenvalue weighted by atomic mass is 10.1. The van der Waals surface area contributed by atoms with Crippen LogP contribution in [0.4, 0.5) is 4.39 Å². The van der Waals surface area contributed by atoms with Crippen molar-refractivity contribution in [2.24, 2.45) is 0 Å². The van der Waals surface area contributed by atoms with Gasteiger partial charge in [0, 0.05) is 20.7 Å². The van der Waals surface area contributed by atoms with Crippen molar-refractivity contribution in [2.75, 3.05) is 27.3 Å². The molecule has 0 fully saturated rings. The minimum Gasteiger partial charge on any atom is -0.383 e. The standard InChI is InChI=1S/C12H18FNO3S/c1-9-7-11(13)8-10(2)12(9)18(15,16)14(3)5-6-17-4/h7-8H,5-6H2,1-4H3. The van der Waals surface area contributed by atoms with Crippen LogP contribution >= 0.6 is 0 Å². The number of sulfonamides is 1. The molecule has 1 aromatic rings. The first-order chi connectivity index (χ1) is 8.30. The maximum atomic E-state index is 13.2. The van der Waals surface area contributed by atoms with Gasteiger partial charge in [-0.3, -0.25) is 0 Å². The maximum Gasteiger partial charge on any atom is 0.243 e. The fourth-order valence-electron chi connectivity index (χ4n) is 1.80. The Balaban J connectivity index is 3.20. The van der Waals surface area contributed by atoms with Gasteiger partial charge in [0.2, 0.25) is 10.0 Å². The molecule has 1 rings (SSSR count). The smallest absolute Gasteiger partial charge is 0.243 e. The van der Waals surface area contributed by atoms with Crippen molar-refractivity contribution in [3.8, 4) is 0 Å². The van der Waals surface area contributed by atoms with E-state index in [1.807, 2.05) is 0 Å². The Kier molecular flexibility index (Phi) is 4.84. The highest BCUT2D eigenvalue weighted by molar-refractivity contribution is 7.89. The van der Waals surface area contributed by atoms with E-state index in [4.69, 9.17) is 4.74 Å². The van der Waals surface area contributed by atoms with Crippen LogP contribution in [0.2, 0.25) is 0 Å². The minimum absolute atomic E-state index is 0.169. The largest absolute Gasteiger partial charge is 0.383 e. The van der Waals surface area contributed by atoms with Gasteiger partial charge in [0.25, 0.3) is 0 Å². The first-order valence-electron chi connectivity index (χ1n) is 5.52. The van der Waals surface area contributed by atoms with Gasteiger partial charge in [-0.25, -0.2) is 12.8 Å². The van der Waals surface area contributed by atoms with Gasteiger partial charge in [-0.1, -0.05) is 0 Å². The highest BCUT2D eigenvalue weighted by Gasteiger charge is 2.24. The van der Waals surface area contributed by atoms with E-state index >= 15 is 0 Å². The van der Waals surface area contributed by atoms with E-state index in [0.717, 1.165) is 0 Å². The molecule has 0 atom stereocenters. The molecule has 4 nitrogen and oxygen atoms in total. The molecule has 0 aliphatic rings. The van der Waals surface area contributed by atoms with E-state index in [2.05, 4.69) is 0 Å². The number of aryl methyl sites for hydroxylation is 2. The average Bonchev–Trinajstić information content (AvgIpc) is 2.23. The number of benzene rings is 1. The first-order valence-corrected chi connectivity index (χ1v) is 6.96. The van der Waals surface area contributed by atoms with Crippen molar-refractivity contribution in [2.45, 2.75) is 18.7 Å². The Hall–Kier alpha value is -0.980. The van der Waals surface area contributed by atoms with E-state index in [0.29, 0.717) is 17.7 Å². The molecule has 0 aliphatic heterocycles. The zero-order chi connectivity index (χ0) is 13.9. The molecule has 0 bridgehead atoms. The Morgan fingerprint density at radius 1 is 1.28 bits per heavy atom. The first kappa shape index (κ1) is 15.1. The molecule has 0 spiro atoms. The summed E-state index contributed by atoms with van der Waals surface area (Å²) in [5.41, 5.74) is 0.827. The molecule has 6 heteroatoms. The lowest BCUT2D eigenvalue weighted by molar-refractivity contribution is 0.185. The molecular formula is C12H18FNO3S. The molecule has 0 aromatic heterocycles. The summed E-state index contributed by atoms with van der Waals surface area (Å²) in [5.74, 6) is -0.427. The average molecular weight is 275 g/mol. The van der Waals surface area contributed by atoms with Crippen LogP contribution in [-0.2, 0) is 14.8 Å². The molecule has 0 N–H and O–H groups in total. The van der Waals surface area contributed by atoms with Gasteiger partial charge >= 0.3 is 0 Å². The summed E-state index contributed by atoms with van der Waals surface area (Å²) in [6.45, 7) is 3.75. The van der Waals surface area contributed by atoms with Crippen LogP contribution in [0.3, 0.4) is 0 Å². The number of ether oxygens (including phenoxy) is 1. The Bertz CT molecular complexity index is 505. The molecular weight excluding hydrogens is 257 g/mol. The number of hydrogen-bond acceptors (Lipinski definition) is 3. The van der Waals surface area contributed by atoms with E-state index in [1.165, 1.54) is 30.6 Å². The van der Waals surface area contributed by atoms with Gasteiger partial charge in [0.05, 0.1) is 11.5 Å². The van der Waals surface area contributed by atoms with Crippen LogP contribution in [0.15, 0.2) is 17.0 Å². The van der Waals surface area contributed by atoms with Gasteiger partial charge in [-0.05, 0) is 37.1 Å². The molecule has 0 heterocycles. The topological polar surface area (TPSA) is 46.6 Å². The van der Waals surface area contributed by atoms with E-state index < -0.39 is 15.8 Å². The summed E-state index contributed by atoms with van der Waals surface area (Å²) in [4.78, 5) is 0.169. The van der Waals surface area contributed by atoms with E-state index in [1.54, 1.807) is 13.8 Å². The van der Waals surface area contributed by atoms with Crippen molar-refractivity contribution in [3.63, 3.8) is 0 Å². The maximum absolute atomic E-state index is 13.2. The number of halogens is 1. The molecule has 0 saturated carbocycles. The normalized spacial score (nSPS) is 12.1. The zero-order valence-electron chi connectivity index (χ0n) is 11.0. The fraction of sp³-hybridized carbons (Fsp3) is 0.500. The van der Waals surface area contributed by atoms with Crippen LogP contribution in [-0.4, -0.2) is 40.0 Å². The number of hydrogen-bond donors (Lipinski definition) is 0. The number of methoxy groups -OCH3 is 1. The molecule has 0 saturated heterocycles. The molecule has 102 valence electrons. The summed E-state index contributed by atoms with van der Waals surface area (Å²) in [7, 11) is -0.611. The Morgan fingerprint density at radius 2 is 1.78 bits per heavy atom. The van der Waals surface area contributed by atoms with Crippen LogP contribution in [0.25, 0.3) is 0 Å². The third kappa shape index (κ3) is 3.07. The van der Waals surface area contributed by atoms with Crippen LogP contribution in [0.1, 0.15) is 11.1 Å². The second-order valence-corrected chi connectivity index (χ2v) is 6.17. The molecule has 18 heavy (non-hydrogen) atoms. The second-order valence-electron chi connectivity index (χ2n) is 4.19. The third-order valence-electron chi connectivity index (χ3n) is 2.70. The quantitative estimate of drug-likeness (QED) is 0.822. The predicted octanol–water partition coefficient (Wildman–Crippen LogP) is 1.71. The van der Waals surface area contributed by atoms with Crippen molar-refractivity contribution in [1.82, 2.24) is 4.31 Å². The second kappa shape index (κ2) is 5.77. The summed E-state index contributed by atoms with van der Waals surface area (Å²) < 4.78 is 43.9. The fourth-order valence-corrected chi connectivity index (χ4v) is 3.36. The summed E-state index contributed by atoms with van der Waals surface area (Å²) in [6, 6.07) is 2.45. The zero-order valence-corrected chi connectivity index (χ0v) is 11.8. The van der Waals surface area contributed by atoms with Crippen molar-refractivity contribution in [3.05, 3.63) is 29.1 Å². The van der Waals surface area contributed by atoms with E-state index in [9.17, 15) is 12.8 Å². The minimum atomic E-state index is -3.60. The lowest BCUT2D eigenvalue weighted by Gasteiger charge is -2.19. The van der Waals surface area contributed by atoms with Crippen LogP contribution < -0.4 is 0 Å². The third-order valence-corrected chi connectivity index (χ3v) is 4.87. The van der Waals surface area contributed by atoms with Gasteiger partial charge < -0.3 is 4.74 Å². The molecule has 0 radical (unpaired) electrons. The lowest BCUT2D eigenvalue weighted by Crippen LogP contribution is -2.31. The van der Waals surface area contributed by atoms with E-state index in [-0.39, 0.29) is 11.4 Å². The van der Waals surface area contributed by atoms with Crippen LogP contribution in [0, 0.1) is 19.7 Å². The Labute approximate surface area is 107 Å². The molecule has 0 unspecified atom stereocenters. The number of rotatable bonds is 5. The summed E-state index contributed by atoms with van der Waals surface area (Å²) in [6.07, 6.45) is 0. The summed E-state index contributed by atoms with van der Waals surface area (Å²) >= 11 is 0. The van der Waals surface area contributed by atoms with Crippen molar-refractivity contribution >= 4 is 10.0 Å². The highest BCUT2D eigenvalue weighted by Crippen LogP contribution is 2.24. The number of likely N-dealkylation sites (N-methyl/N-ethyl adjacent to an activating group) is 1. The SMILES string of the molecule is COCCN(C)S(=O)(=O)c1c(C)cc(F)cc1C. The van der Waals surface area contributed by atoms with Crippen molar-refractivity contribution in [1.29, 1.82) is 0 Å². The van der Waals surface area contributed by atoms with Crippen molar-refractivity contribution < 1.29 is 17.5 Å². The van der Waals surface area contributed by atoms with Gasteiger partial charge in [0.1, 0.15) is 5.82 Å². The Morgan fingerprint density at radius 3 is 2.22 bits per heavy atom. The molecule has 1 aromatic carbocycles. The van der Waals surface area contributed by atoms with Crippen LogP contribution in [0.5, 0.6) is 0 Å². The monoisotopic (exact) mass is 275 g/mol. The van der Waals surface area contributed by atoms with Gasteiger partial charge in [-0.2, -0.15) is 4.31 Å². The van der Waals surface area contributed by atoms with Gasteiger partial charge in [0.15, 0.2) is 0 Å². The molecule has 0 aliphatic carbocycles. The summed E-state index contributed by atoms with van der Waals surface area (Å²) in [5, 5.41) is 0. The number of nitrogens with zero attached hydrogens (tertiary/aromatic N) is 1. The molecule has 0 amide bonds. The predicted molar refractivity (Wildman–Crippen MR) is 67.6 cm³/mol. The van der Waals surface area contributed by atoms with Gasteiger partial charge in [-0.15, -0.1) is 0 Å².